The number of ether oxygens (including phenoxy) is 3. The molecule has 0 fully saturated rings. The summed E-state index contributed by atoms with van der Waals surface area (Å²) in [6, 6.07) is 22.0. The summed E-state index contributed by atoms with van der Waals surface area (Å²) in [4.78, 5) is 39.8. The number of carbonyl (C=O) groups is 3. The summed E-state index contributed by atoms with van der Waals surface area (Å²) in [6.45, 7) is 0.408. The third-order valence-corrected chi connectivity index (χ3v) is 5.89. The fourth-order valence-electron chi connectivity index (χ4n) is 3.88. The number of aromatic amines is 1. The van der Waals surface area contributed by atoms with Crippen LogP contribution < -0.4 is 30.4 Å². The Balaban J connectivity index is 1.18. The zero-order chi connectivity index (χ0) is 27.6. The lowest BCUT2D eigenvalue weighted by Crippen LogP contribution is -2.42. The first-order chi connectivity index (χ1) is 18.9. The second kappa shape index (κ2) is 13.0. The number of carbonyl (C=O) groups excluding carboxylic acids is 3. The fraction of sp³-hybridized carbons (Fsp3) is 0.207. The topological polar surface area (TPSA) is 131 Å². The van der Waals surface area contributed by atoms with Crippen molar-refractivity contribution in [2.45, 2.75) is 19.3 Å². The van der Waals surface area contributed by atoms with E-state index in [9.17, 15) is 14.4 Å². The summed E-state index contributed by atoms with van der Waals surface area (Å²) < 4.78 is 16.3. The molecule has 4 aromatic rings. The van der Waals surface area contributed by atoms with Gasteiger partial charge in [0.1, 0.15) is 17.2 Å². The van der Waals surface area contributed by atoms with Crippen molar-refractivity contribution in [3.8, 4) is 23.0 Å². The molecule has 0 bridgehead atoms. The molecule has 0 unspecified atom stereocenters. The number of hydrogen-bond acceptors (Lipinski definition) is 6. The van der Waals surface area contributed by atoms with Crippen LogP contribution in [-0.4, -0.2) is 43.5 Å². The highest BCUT2D eigenvalue weighted by atomic mass is 16.5. The van der Waals surface area contributed by atoms with Crippen LogP contribution in [0.1, 0.15) is 28.9 Å². The number of aromatic nitrogens is 1. The molecule has 3 aromatic carbocycles. The minimum Gasteiger partial charge on any atom is -0.493 e. The number of amides is 3. The van der Waals surface area contributed by atoms with Crippen LogP contribution >= 0.6 is 0 Å². The monoisotopic (exact) mass is 530 g/mol. The van der Waals surface area contributed by atoms with E-state index in [-0.39, 0.29) is 24.4 Å². The van der Waals surface area contributed by atoms with Crippen LogP contribution in [0.4, 0.5) is 0 Å². The van der Waals surface area contributed by atoms with Gasteiger partial charge in [-0.3, -0.25) is 25.2 Å². The van der Waals surface area contributed by atoms with Crippen molar-refractivity contribution >= 4 is 28.6 Å². The Morgan fingerprint density at radius 2 is 1.54 bits per heavy atom. The van der Waals surface area contributed by atoms with E-state index in [0.29, 0.717) is 36.0 Å². The maximum atomic E-state index is 12.5. The Labute approximate surface area is 225 Å². The number of fused-ring (bicyclic) bond motifs is 1. The predicted molar refractivity (Wildman–Crippen MR) is 146 cm³/mol. The summed E-state index contributed by atoms with van der Waals surface area (Å²) in [5.74, 6) is 1.35. The van der Waals surface area contributed by atoms with Crippen LogP contribution in [0, 0.1) is 0 Å². The van der Waals surface area contributed by atoms with Gasteiger partial charge >= 0.3 is 0 Å². The second-order valence-corrected chi connectivity index (χ2v) is 8.64. The molecule has 10 heteroatoms. The van der Waals surface area contributed by atoms with Crippen molar-refractivity contribution in [2.24, 2.45) is 0 Å². The molecule has 3 amide bonds. The van der Waals surface area contributed by atoms with Crippen LogP contribution in [0.15, 0.2) is 72.8 Å². The van der Waals surface area contributed by atoms with Crippen molar-refractivity contribution in [3.05, 3.63) is 84.1 Å². The first-order valence-corrected chi connectivity index (χ1v) is 12.4. The third kappa shape index (κ3) is 7.51. The standard InChI is InChI=1S/C29H30N4O6/c1-37-25-11-8-19(16-26(25)38-2)14-15-30-27(34)12-13-28(35)32-33-29(36)24-18-20-17-22(9-10-23(20)31-24)39-21-6-4-3-5-7-21/h3-11,16-18,31H,12-15H2,1-2H3,(H,30,34)(H,32,35)(H,33,36). The SMILES string of the molecule is COc1ccc(CCNC(=O)CCC(=O)NNC(=O)c2cc3cc(Oc4ccccc4)ccc3[nH]2)cc1OC. The molecule has 202 valence electrons. The van der Waals surface area contributed by atoms with Gasteiger partial charge in [0.25, 0.3) is 5.91 Å². The molecule has 1 heterocycles. The predicted octanol–water partition coefficient (Wildman–Crippen LogP) is 3.88. The lowest BCUT2D eigenvalue weighted by atomic mass is 10.1. The van der Waals surface area contributed by atoms with Crippen LogP contribution in [0.25, 0.3) is 10.9 Å². The summed E-state index contributed by atoms with van der Waals surface area (Å²) in [5, 5.41) is 3.57. The molecule has 1 aromatic heterocycles. The lowest BCUT2D eigenvalue weighted by Gasteiger charge is -2.10. The molecule has 0 spiro atoms. The first-order valence-electron chi connectivity index (χ1n) is 12.4. The van der Waals surface area contributed by atoms with Gasteiger partial charge in [0.15, 0.2) is 11.5 Å². The second-order valence-electron chi connectivity index (χ2n) is 8.64. The molecular weight excluding hydrogens is 500 g/mol. The number of H-pyrrole nitrogens is 1. The molecule has 0 saturated carbocycles. The smallest absolute Gasteiger partial charge is 0.286 e. The van der Waals surface area contributed by atoms with E-state index in [4.69, 9.17) is 14.2 Å². The molecule has 0 aliphatic rings. The minimum absolute atomic E-state index is 0.00971. The molecule has 0 aliphatic carbocycles. The molecule has 0 aliphatic heterocycles. The molecule has 0 radical (unpaired) electrons. The van der Waals surface area contributed by atoms with E-state index < -0.39 is 11.8 Å². The average Bonchev–Trinajstić information content (AvgIpc) is 3.39. The van der Waals surface area contributed by atoms with E-state index in [0.717, 1.165) is 16.5 Å². The molecule has 39 heavy (non-hydrogen) atoms. The molecule has 4 rings (SSSR count). The van der Waals surface area contributed by atoms with E-state index >= 15 is 0 Å². The van der Waals surface area contributed by atoms with Gasteiger partial charge in [0.2, 0.25) is 11.8 Å². The fourth-order valence-corrected chi connectivity index (χ4v) is 3.88. The Hall–Kier alpha value is -4.99. The van der Waals surface area contributed by atoms with Gasteiger partial charge in [-0.15, -0.1) is 0 Å². The number of rotatable bonds is 11. The normalized spacial score (nSPS) is 10.5. The summed E-state index contributed by atoms with van der Waals surface area (Å²) in [5.41, 5.74) is 6.71. The Kier molecular flexibility index (Phi) is 9.02. The van der Waals surface area contributed by atoms with E-state index in [1.54, 1.807) is 26.4 Å². The largest absolute Gasteiger partial charge is 0.493 e. The average molecular weight is 531 g/mol. The van der Waals surface area contributed by atoms with Crippen molar-refractivity contribution in [2.75, 3.05) is 20.8 Å². The maximum absolute atomic E-state index is 12.5. The molecule has 10 nitrogen and oxygen atoms in total. The van der Waals surface area contributed by atoms with Crippen LogP contribution in [0.2, 0.25) is 0 Å². The Bertz CT molecular complexity index is 1450. The lowest BCUT2D eigenvalue weighted by molar-refractivity contribution is -0.126. The van der Waals surface area contributed by atoms with Crippen molar-refractivity contribution in [1.82, 2.24) is 21.2 Å². The Morgan fingerprint density at radius 3 is 2.31 bits per heavy atom. The number of benzene rings is 3. The van der Waals surface area contributed by atoms with Crippen LogP contribution in [-0.2, 0) is 16.0 Å². The molecular formula is C29H30N4O6. The highest BCUT2D eigenvalue weighted by Crippen LogP contribution is 2.28. The number of para-hydroxylation sites is 1. The van der Waals surface area contributed by atoms with E-state index in [1.165, 1.54) is 0 Å². The summed E-state index contributed by atoms with van der Waals surface area (Å²) >= 11 is 0. The number of hydrazine groups is 1. The minimum atomic E-state index is -0.510. The van der Waals surface area contributed by atoms with Crippen molar-refractivity contribution in [1.29, 1.82) is 0 Å². The maximum Gasteiger partial charge on any atom is 0.286 e. The van der Waals surface area contributed by atoms with Crippen LogP contribution in [0.5, 0.6) is 23.0 Å². The first kappa shape index (κ1) is 27.1. The molecule has 0 saturated heterocycles. The highest BCUT2D eigenvalue weighted by molar-refractivity contribution is 5.99. The number of hydrogen-bond donors (Lipinski definition) is 4. The summed E-state index contributed by atoms with van der Waals surface area (Å²) in [7, 11) is 3.13. The summed E-state index contributed by atoms with van der Waals surface area (Å²) in [6.07, 6.45) is 0.512. The molecule has 0 atom stereocenters. The third-order valence-electron chi connectivity index (χ3n) is 5.89. The van der Waals surface area contributed by atoms with Gasteiger partial charge in [-0.1, -0.05) is 24.3 Å². The van der Waals surface area contributed by atoms with Gasteiger partial charge in [-0.25, -0.2) is 0 Å². The van der Waals surface area contributed by atoms with Crippen molar-refractivity contribution < 1.29 is 28.6 Å². The van der Waals surface area contributed by atoms with E-state index in [1.807, 2.05) is 60.7 Å². The zero-order valence-electron chi connectivity index (χ0n) is 21.7. The number of methoxy groups -OCH3 is 2. The van der Waals surface area contributed by atoms with Gasteiger partial charge in [0.05, 0.1) is 14.2 Å². The van der Waals surface area contributed by atoms with E-state index in [2.05, 4.69) is 21.2 Å². The number of nitrogens with one attached hydrogen (secondary N) is 4. The Morgan fingerprint density at radius 1 is 0.769 bits per heavy atom. The molecule has 4 N–H and O–H groups in total. The van der Waals surface area contributed by atoms with Gasteiger partial charge in [-0.05, 0) is 60.5 Å². The zero-order valence-corrected chi connectivity index (χ0v) is 21.7. The van der Waals surface area contributed by atoms with Crippen molar-refractivity contribution in [3.63, 3.8) is 0 Å². The van der Waals surface area contributed by atoms with Crippen LogP contribution in [0.3, 0.4) is 0 Å². The highest BCUT2D eigenvalue weighted by Gasteiger charge is 2.13. The quantitative estimate of drug-likeness (QED) is 0.218. The van der Waals surface area contributed by atoms with Gasteiger partial charge in [-0.2, -0.15) is 0 Å². The van der Waals surface area contributed by atoms with Gasteiger partial charge < -0.3 is 24.5 Å². The van der Waals surface area contributed by atoms with Gasteiger partial charge in [0, 0.05) is 30.3 Å².